The van der Waals surface area contributed by atoms with Crippen molar-refractivity contribution in [2.75, 3.05) is 4.90 Å². The zero-order valence-electron chi connectivity index (χ0n) is 18.8. The van der Waals surface area contributed by atoms with Gasteiger partial charge in [-0.2, -0.15) is 5.10 Å². The summed E-state index contributed by atoms with van der Waals surface area (Å²) in [4.78, 5) is 26.4. The summed E-state index contributed by atoms with van der Waals surface area (Å²) in [6, 6.07) is 16.1. The maximum Gasteiger partial charge on any atom is 0.335 e. The fourth-order valence-electron chi connectivity index (χ4n) is 3.91. The van der Waals surface area contributed by atoms with Crippen molar-refractivity contribution in [3.8, 4) is 0 Å². The number of nitrogens with zero attached hydrogens (tertiary/aromatic N) is 2. The molecule has 34 heavy (non-hydrogen) atoms. The zero-order valence-corrected chi connectivity index (χ0v) is 19.6. The number of hydrogen-bond donors (Lipinski definition) is 2. The third kappa shape index (κ3) is 4.32. The van der Waals surface area contributed by atoms with Crippen LogP contribution >= 0.6 is 12.2 Å². The highest BCUT2D eigenvalue weighted by Gasteiger charge is 2.40. The van der Waals surface area contributed by atoms with Gasteiger partial charge in [-0.25, -0.2) is 9.18 Å². The minimum Gasteiger partial charge on any atom is -0.478 e. The SMILES string of the molecule is C/C(=N\NC(=S)c1ccc(C(=O)O)cc1)C1C(=O)N(c2ccc(C)c(C)c2)c2ccc(F)cc21. The topological polar surface area (TPSA) is 82.0 Å². The van der Waals surface area contributed by atoms with E-state index in [9.17, 15) is 14.0 Å². The molecule has 0 aliphatic carbocycles. The molecule has 0 bridgehead atoms. The number of aromatic carboxylic acids is 1. The Morgan fingerprint density at radius 3 is 2.35 bits per heavy atom. The van der Waals surface area contributed by atoms with Crippen LogP contribution in [0.3, 0.4) is 0 Å². The van der Waals surface area contributed by atoms with Gasteiger partial charge in [-0.05, 0) is 79.9 Å². The van der Waals surface area contributed by atoms with Gasteiger partial charge in [0.25, 0.3) is 0 Å². The number of hydrogen-bond acceptors (Lipinski definition) is 4. The Labute approximate surface area is 201 Å². The summed E-state index contributed by atoms with van der Waals surface area (Å²) in [5.41, 5.74) is 7.92. The van der Waals surface area contributed by atoms with Crippen LogP contribution in [0.4, 0.5) is 15.8 Å². The third-order valence-corrected chi connectivity index (χ3v) is 6.23. The summed E-state index contributed by atoms with van der Waals surface area (Å²) < 4.78 is 14.1. The van der Waals surface area contributed by atoms with Crippen molar-refractivity contribution < 1.29 is 19.1 Å². The lowest BCUT2D eigenvalue weighted by molar-refractivity contribution is -0.117. The van der Waals surface area contributed by atoms with Gasteiger partial charge in [0.2, 0.25) is 5.91 Å². The van der Waals surface area contributed by atoms with Crippen molar-refractivity contribution in [3.63, 3.8) is 0 Å². The molecule has 172 valence electrons. The van der Waals surface area contributed by atoms with Crippen LogP contribution in [-0.2, 0) is 4.79 Å². The van der Waals surface area contributed by atoms with E-state index in [0.717, 1.165) is 11.1 Å². The van der Waals surface area contributed by atoms with Crippen molar-refractivity contribution in [3.05, 3.63) is 94.3 Å². The quantitative estimate of drug-likeness (QED) is 0.300. The number of nitrogens with one attached hydrogen (secondary N) is 1. The number of halogens is 1. The number of rotatable bonds is 5. The molecule has 1 amide bonds. The van der Waals surface area contributed by atoms with Crippen molar-refractivity contribution in [2.45, 2.75) is 26.7 Å². The number of hydrazone groups is 1. The van der Waals surface area contributed by atoms with Gasteiger partial charge in [0.15, 0.2) is 0 Å². The lowest BCUT2D eigenvalue weighted by Gasteiger charge is -2.19. The lowest BCUT2D eigenvalue weighted by Crippen LogP contribution is -2.28. The molecule has 0 saturated carbocycles. The molecule has 0 radical (unpaired) electrons. The number of amides is 1. The molecule has 4 rings (SSSR count). The standard InChI is InChI=1S/C26H22FN3O3S/c1-14-4-10-20(12-15(14)2)30-22-11-9-19(27)13-21(22)23(25(30)31)16(3)28-29-24(34)17-5-7-18(8-6-17)26(32)33/h4-13,23H,1-3H3,(H,29,34)(H,32,33)/b28-16+. The Morgan fingerprint density at radius 2 is 1.71 bits per heavy atom. The number of benzene rings is 3. The summed E-state index contributed by atoms with van der Waals surface area (Å²) in [6.07, 6.45) is 0. The highest BCUT2D eigenvalue weighted by molar-refractivity contribution is 7.80. The Bertz CT molecular complexity index is 1350. The van der Waals surface area contributed by atoms with Gasteiger partial charge in [0.05, 0.1) is 17.0 Å². The minimum atomic E-state index is -1.03. The molecule has 1 unspecified atom stereocenters. The number of carbonyl (C=O) groups excluding carboxylic acids is 1. The molecule has 3 aromatic rings. The summed E-state index contributed by atoms with van der Waals surface area (Å²) in [7, 11) is 0. The fourth-order valence-corrected chi connectivity index (χ4v) is 4.09. The van der Waals surface area contributed by atoms with Gasteiger partial charge in [-0.3, -0.25) is 15.1 Å². The van der Waals surface area contributed by atoms with E-state index >= 15 is 0 Å². The molecule has 3 aromatic carbocycles. The molecule has 1 atom stereocenters. The number of carboxylic acids is 1. The van der Waals surface area contributed by atoms with Gasteiger partial charge in [-0.1, -0.05) is 30.4 Å². The fraction of sp³-hybridized carbons (Fsp3) is 0.154. The average molecular weight is 476 g/mol. The zero-order chi connectivity index (χ0) is 24.6. The Morgan fingerprint density at radius 1 is 1.03 bits per heavy atom. The van der Waals surface area contributed by atoms with Crippen LogP contribution in [0.15, 0.2) is 65.8 Å². The van der Waals surface area contributed by atoms with Crippen molar-refractivity contribution in [1.82, 2.24) is 5.43 Å². The number of anilines is 2. The van der Waals surface area contributed by atoms with Crippen LogP contribution in [0, 0.1) is 19.7 Å². The van der Waals surface area contributed by atoms with Gasteiger partial charge in [0, 0.05) is 11.3 Å². The number of carbonyl (C=O) groups is 2. The second kappa shape index (κ2) is 9.15. The van der Waals surface area contributed by atoms with E-state index in [0.29, 0.717) is 28.2 Å². The van der Waals surface area contributed by atoms with E-state index in [4.69, 9.17) is 17.3 Å². The first-order chi connectivity index (χ1) is 16.2. The largest absolute Gasteiger partial charge is 0.478 e. The Kier molecular flexibility index (Phi) is 6.26. The predicted molar refractivity (Wildman–Crippen MR) is 134 cm³/mol. The highest BCUT2D eigenvalue weighted by Crippen LogP contribution is 2.43. The van der Waals surface area contributed by atoms with Crippen LogP contribution in [0.2, 0.25) is 0 Å². The molecule has 0 aromatic heterocycles. The van der Waals surface area contributed by atoms with Crippen LogP contribution in [-0.4, -0.2) is 27.7 Å². The molecule has 2 N–H and O–H groups in total. The minimum absolute atomic E-state index is 0.146. The summed E-state index contributed by atoms with van der Waals surface area (Å²) >= 11 is 5.36. The van der Waals surface area contributed by atoms with E-state index in [1.54, 1.807) is 30.0 Å². The van der Waals surface area contributed by atoms with Gasteiger partial charge in [-0.15, -0.1) is 0 Å². The molecule has 1 aliphatic rings. The van der Waals surface area contributed by atoms with Crippen LogP contribution < -0.4 is 10.3 Å². The molecule has 8 heteroatoms. The van der Waals surface area contributed by atoms with E-state index in [1.807, 2.05) is 32.0 Å². The second-order valence-corrected chi connectivity index (χ2v) is 8.56. The van der Waals surface area contributed by atoms with Crippen LogP contribution in [0.25, 0.3) is 0 Å². The molecule has 1 aliphatic heterocycles. The van der Waals surface area contributed by atoms with Gasteiger partial charge < -0.3 is 5.11 Å². The molecule has 0 spiro atoms. The smallest absolute Gasteiger partial charge is 0.335 e. The lowest BCUT2D eigenvalue weighted by atomic mass is 9.96. The normalized spacial score (nSPS) is 15.3. The van der Waals surface area contributed by atoms with Crippen molar-refractivity contribution in [2.24, 2.45) is 5.10 Å². The van der Waals surface area contributed by atoms with E-state index in [-0.39, 0.29) is 16.5 Å². The Hall–Kier alpha value is -3.91. The third-order valence-electron chi connectivity index (χ3n) is 5.90. The first-order valence-electron chi connectivity index (χ1n) is 10.6. The first kappa shape index (κ1) is 23.3. The summed E-state index contributed by atoms with van der Waals surface area (Å²) in [5.74, 6) is -2.48. The predicted octanol–water partition coefficient (Wildman–Crippen LogP) is 5.24. The molecule has 6 nitrogen and oxygen atoms in total. The summed E-state index contributed by atoms with van der Waals surface area (Å²) in [5, 5.41) is 13.4. The number of aryl methyl sites for hydroxylation is 2. The van der Waals surface area contributed by atoms with Crippen LogP contribution in [0.1, 0.15) is 45.5 Å². The van der Waals surface area contributed by atoms with Crippen molar-refractivity contribution >= 4 is 46.2 Å². The molecular weight excluding hydrogens is 453 g/mol. The number of thiocarbonyl (C=S) groups is 1. The maximum atomic E-state index is 14.1. The molecule has 1 heterocycles. The second-order valence-electron chi connectivity index (χ2n) is 8.15. The number of fused-ring (bicyclic) bond motifs is 1. The van der Waals surface area contributed by atoms with E-state index < -0.39 is 17.7 Å². The monoisotopic (exact) mass is 475 g/mol. The highest BCUT2D eigenvalue weighted by atomic mass is 32.1. The molecule has 0 saturated heterocycles. The number of carboxylic acid groups (broad SMARTS) is 1. The van der Waals surface area contributed by atoms with Crippen LogP contribution in [0.5, 0.6) is 0 Å². The van der Waals surface area contributed by atoms with E-state index in [2.05, 4.69) is 10.5 Å². The molecular formula is C26H22FN3O3S. The Balaban J connectivity index is 1.64. The molecule has 0 fully saturated rings. The van der Waals surface area contributed by atoms with Gasteiger partial charge in [0.1, 0.15) is 16.7 Å². The van der Waals surface area contributed by atoms with Crippen molar-refractivity contribution in [1.29, 1.82) is 0 Å². The van der Waals surface area contributed by atoms with Gasteiger partial charge >= 0.3 is 5.97 Å². The van der Waals surface area contributed by atoms with E-state index in [1.165, 1.54) is 24.3 Å². The summed E-state index contributed by atoms with van der Waals surface area (Å²) in [6.45, 7) is 5.66. The maximum absolute atomic E-state index is 14.1. The first-order valence-corrected chi connectivity index (χ1v) is 11.0. The average Bonchev–Trinajstić information content (AvgIpc) is 3.10.